The van der Waals surface area contributed by atoms with Gasteiger partial charge in [0.05, 0.1) is 6.04 Å². The summed E-state index contributed by atoms with van der Waals surface area (Å²) >= 11 is 0. The van der Waals surface area contributed by atoms with E-state index in [1.54, 1.807) is 0 Å². The van der Waals surface area contributed by atoms with Gasteiger partial charge in [0.1, 0.15) is 5.84 Å². The van der Waals surface area contributed by atoms with Gasteiger partial charge in [-0.25, -0.2) is 0 Å². The summed E-state index contributed by atoms with van der Waals surface area (Å²) in [6.45, 7) is 2.27. The van der Waals surface area contributed by atoms with E-state index in [-0.39, 0.29) is 1.43 Å². The standard InChI is InChI=1S/C14H18N2.H2/c1-10(9-11-5-3-2-4-6-11)14-15-12-7-8-13(12)16-14;/h2-6,10,12-13H,7-9H2,1H3,(H,15,16);1H/t10-,12?,13?;/m0./s1. The zero-order valence-corrected chi connectivity index (χ0v) is 9.69. The molecule has 1 aromatic rings. The summed E-state index contributed by atoms with van der Waals surface area (Å²) in [4.78, 5) is 4.76. The highest BCUT2D eigenvalue weighted by Gasteiger charge is 2.37. The van der Waals surface area contributed by atoms with Crippen molar-refractivity contribution >= 4 is 5.84 Å². The van der Waals surface area contributed by atoms with Crippen LogP contribution in [0.4, 0.5) is 0 Å². The van der Waals surface area contributed by atoms with Crippen LogP contribution in [0.5, 0.6) is 0 Å². The zero-order chi connectivity index (χ0) is 11.0. The van der Waals surface area contributed by atoms with Crippen LogP contribution in [0, 0.1) is 5.92 Å². The van der Waals surface area contributed by atoms with Crippen LogP contribution in [-0.2, 0) is 6.42 Å². The minimum absolute atomic E-state index is 0. The summed E-state index contributed by atoms with van der Waals surface area (Å²) in [5, 5.41) is 3.56. The summed E-state index contributed by atoms with van der Waals surface area (Å²) in [7, 11) is 0. The Hall–Kier alpha value is -1.31. The Bertz CT molecular complexity index is 402. The second kappa shape index (κ2) is 3.93. The number of rotatable bonds is 3. The summed E-state index contributed by atoms with van der Waals surface area (Å²) in [6, 6.07) is 11.9. The first-order chi connectivity index (χ1) is 7.83. The Kier molecular flexibility index (Phi) is 2.43. The lowest BCUT2D eigenvalue weighted by Crippen LogP contribution is -2.43. The highest BCUT2D eigenvalue weighted by atomic mass is 15.2. The Morgan fingerprint density at radius 1 is 1.38 bits per heavy atom. The van der Waals surface area contributed by atoms with Crippen molar-refractivity contribution < 1.29 is 1.43 Å². The molecule has 2 nitrogen and oxygen atoms in total. The summed E-state index contributed by atoms with van der Waals surface area (Å²) in [5.41, 5.74) is 1.40. The van der Waals surface area contributed by atoms with Gasteiger partial charge in [0.2, 0.25) is 0 Å². The van der Waals surface area contributed by atoms with Gasteiger partial charge >= 0.3 is 0 Å². The van der Waals surface area contributed by atoms with Gasteiger partial charge in [0.15, 0.2) is 0 Å². The van der Waals surface area contributed by atoms with Crippen molar-refractivity contribution in [2.24, 2.45) is 10.9 Å². The molecule has 0 aromatic heterocycles. The van der Waals surface area contributed by atoms with Gasteiger partial charge in [-0.2, -0.15) is 0 Å². The topological polar surface area (TPSA) is 24.4 Å². The SMILES string of the molecule is C[C@@H](Cc1ccccc1)C1=NC2CCC2N1.[HH]. The van der Waals surface area contributed by atoms with Gasteiger partial charge in [-0.3, -0.25) is 4.99 Å². The number of hydrogen-bond donors (Lipinski definition) is 1. The maximum absolute atomic E-state index is 4.76. The van der Waals surface area contributed by atoms with Gasteiger partial charge in [0, 0.05) is 13.4 Å². The van der Waals surface area contributed by atoms with Crippen molar-refractivity contribution in [3.63, 3.8) is 0 Å². The second-order valence-electron chi connectivity index (χ2n) is 5.00. The summed E-state index contributed by atoms with van der Waals surface area (Å²) in [5.74, 6) is 1.75. The van der Waals surface area contributed by atoms with Gasteiger partial charge in [-0.1, -0.05) is 37.3 Å². The minimum atomic E-state index is 0. The van der Waals surface area contributed by atoms with Gasteiger partial charge < -0.3 is 5.32 Å². The van der Waals surface area contributed by atoms with Crippen LogP contribution in [0.15, 0.2) is 35.3 Å². The molecule has 3 rings (SSSR count). The van der Waals surface area contributed by atoms with Gasteiger partial charge in [-0.05, 0) is 24.8 Å². The maximum atomic E-state index is 4.76. The molecule has 0 radical (unpaired) electrons. The third-order valence-corrected chi connectivity index (χ3v) is 3.73. The molecule has 2 aliphatic rings. The molecular weight excluding hydrogens is 196 g/mol. The van der Waals surface area contributed by atoms with E-state index < -0.39 is 0 Å². The number of fused-ring (bicyclic) bond motifs is 1. The van der Waals surface area contributed by atoms with E-state index in [0.29, 0.717) is 18.0 Å². The fourth-order valence-corrected chi connectivity index (χ4v) is 2.54. The fraction of sp³-hybridized carbons (Fsp3) is 0.500. The van der Waals surface area contributed by atoms with Crippen LogP contribution >= 0.6 is 0 Å². The quantitative estimate of drug-likeness (QED) is 0.825. The van der Waals surface area contributed by atoms with Crippen LogP contribution < -0.4 is 5.32 Å². The zero-order valence-electron chi connectivity index (χ0n) is 9.69. The maximum Gasteiger partial charge on any atom is 0.100 e. The third kappa shape index (κ3) is 1.73. The molecule has 3 atom stereocenters. The fourth-order valence-electron chi connectivity index (χ4n) is 2.54. The summed E-state index contributed by atoms with van der Waals surface area (Å²) < 4.78 is 0. The molecule has 1 fully saturated rings. The molecule has 1 N–H and O–H groups in total. The molecule has 2 unspecified atom stereocenters. The molecule has 0 bridgehead atoms. The third-order valence-electron chi connectivity index (χ3n) is 3.73. The average Bonchev–Trinajstić information content (AvgIpc) is 2.56. The van der Waals surface area contributed by atoms with E-state index in [1.165, 1.54) is 24.2 Å². The predicted molar refractivity (Wildman–Crippen MR) is 68.8 cm³/mol. The van der Waals surface area contributed by atoms with Crippen LogP contribution in [0.25, 0.3) is 0 Å². The molecule has 1 aliphatic heterocycles. The van der Waals surface area contributed by atoms with Gasteiger partial charge in [-0.15, -0.1) is 0 Å². The average molecular weight is 216 g/mol. The van der Waals surface area contributed by atoms with Gasteiger partial charge in [0.25, 0.3) is 0 Å². The lowest BCUT2D eigenvalue weighted by molar-refractivity contribution is 0.346. The van der Waals surface area contributed by atoms with E-state index in [2.05, 4.69) is 42.6 Å². The van der Waals surface area contributed by atoms with E-state index in [4.69, 9.17) is 4.99 Å². The van der Waals surface area contributed by atoms with Crippen molar-refractivity contribution in [1.29, 1.82) is 0 Å². The molecule has 1 aliphatic carbocycles. The monoisotopic (exact) mass is 216 g/mol. The largest absolute Gasteiger partial charge is 0.369 e. The van der Waals surface area contributed by atoms with Crippen LogP contribution in [0.2, 0.25) is 0 Å². The van der Waals surface area contributed by atoms with Crippen LogP contribution in [0.1, 0.15) is 26.8 Å². The number of amidine groups is 1. The number of nitrogens with zero attached hydrogens (tertiary/aromatic N) is 1. The highest BCUT2D eigenvalue weighted by molar-refractivity contribution is 5.87. The van der Waals surface area contributed by atoms with E-state index in [0.717, 1.165) is 6.42 Å². The Morgan fingerprint density at radius 2 is 2.19 bits per heavy atom. The number of aliphatic imine (C=N–C) groups is 1. The smallest absolute Gasteiger partial charge is 0.100 e. The minimum Gasteiger partial charge on any atom is -0.369 e. The molecule has 2 heteroatoms. The molecule has 1 heterocycles. The number of benzene rings is 1. The molecular formula is C14H20N2. The molecule has 1 aromatic carbocycles. The lowest BCUT2D eigenvalue weighted by atomic mass is 9.88. The van der Waals surface area contributed by atoms with E-state index >= 15 is 0 Å². The molecule has 0 saturated heterocycles. The van der Waals surface area contributed by atoms with Crippen LogP contribution in [-0.4, -0.2) is 17.9 Å². The normalized spacial score (nSPS) is 28.7. The molecule has 16 heavy (non-hydrogen) atoms. The van der Waals surface area contributed by atoms with Crippen molar-refractivity contribution in [3.05, 3.63) is 35.9 Å². The van der Waals surface area contributed by atoms with Crippen molar-refractivity contribution in [1.82, 2.24) is 5.32 Å². The molecule has 86 valence electrons. The molecule has 0 amide bonds. The predicted octanol–water partition coefficient (Wildman–Crippen LogP) is 2.64. The van der Waals surface area contributed by atoms with E-state index in [9.17, 15) is 0 Å². The lowest BCUT2D eigenvalue weighted by Gasteiger charge is -2.28. The number of nitrogens with one attached hydrogen (secondary N) is 1. The van der Waals surface area contributed by atoms with Crippen molar-refractivity contribution in [2.75, 3.05) is 0 Å². The summed E-state index contributed by atoms with van der Waals surface area (Å²) in [6.07, 6.45) is 3.67. The second-order valence-corrected chi connectivity index (χ2v) is 5.00. The first-order valence-corrected chi connectivity index (χ1v) is 6.21. The van der Waals surface area contributed by atoms with Crippen molar-refractivity contribution in [2.45, 2.75) is 38.3 Å². The van der Waals surface area contributed by atoms with E-state index in [1.807, 2.05) is 0 Å². The number of hydrogen-bond acceptors (Lipinski definition) is 2. The Morgan fingerprint density at radius 3 is 2.75 bits per heavy atom. The Balaban J connectivity index is 0.00000108. The van der Waals surface area contributed by atoms with Crippen LogP contribution in [0.3, 0.4) is 0 Å². The van der Waals surface area contributed by atoms with Crippen molar-refractivity contribution in [3.8, 4) is 0 Å². The first kappa shape index (κ1) is 9.88. The highest BCUT2D eigenvalue weighted by Crippen LogP contribution is 2.29. The first-order valence-electron chi connectivity index (χ1n) is 6.21. The Labute approximate surface area is 98.3 Å². The molecule has 0 spiro atoms. The molecule has 1 saturated carbocycles.